The van der Waals surface area contributed by atoms with Gasteiger partial charge in [0.2, 0.25) is 0 Å². The van der Waals surface area contributed by atoms with Crippen molar-refractivity contribution in [1.29, 1.82) is 0 Å². The van der Waals surface area contributed by atoms with E-state index in [-0.39, 0.29) is 0 Å². The topological polar surface area (TPSA) is 39.4 Å². The maximum atomic E-state index is 5.67. The van der Waals surface area contributed by atoms with E-state index in [1.54, 1.807) is 4.52 Å². The van der Waals surface area contributed by atoms with Gasteiger partial charge in [0.05, 0.1) is 6.61 Å². The van der Waals surface area contributed by atoms with Crippen molar-refractivity contribution in [2.24, 2.45) is 0 Å². The lowest BCUT2D eigenvalue weighted by Gasteiger charge is -2.05. The van der Waals surface area contributed by atoms with E-state index in [1.165, 1.54) is 5.56 Å². The smallest absolute Gasteiger partial charge is 0.182 e. The predicted molar refractivity (Wildman–Crippen MR) is 83.6 cm³/mol. The number of aryl methyl sites for hydroxylation is 1. The van der Waals surface area contributed by atoms with Crippen LogP contribution in [0.25, 0.3) is 17.0 Å². The lowest BCUT2D eigenvalue weighted by atomic mass is 10.2. The molecule has 0 aliphatic rings. The maximum Gasteiger partial charge on any atom is 0.182 e. The van der Waals surface area contributed by atoms with Crippen LogP contribution in [0.3, 0.4) is 0 Å². The summed E-state index contributed by atoms with van der Waals surface area (Å²) < 4.78 is 7.47. The zero-order valence-electron chi connectivity index (χ0n) is 12.4. The van der Waals surface area contributed by atoms with Gasteiger partial charge in [-0.3, -0.25) is 0 Å². The summed E-state index contributed by atoms with van der Waals surface area (Å²) in [6.07, 6.45) is 4.15. The molecule has 0 saturated heterocycles. The molecule has 0 atom stereocenters. The fourth-order valence-corrected chi connectivity index (χ4v) is 2.14. The molecule has 4 heteroatoms. The Morgan fingerprint density at radius 2 is 1.95 bits per heavy atom. The van der Waals surface area contributed by atoms with Crippen molar-refractivity contribution in [3.8, 4) is 17.1 Å². The van der Waals surface area contributed by atoms with Crippen molar-refractivity contribution >= 4 is 5.65 Å². The summed E-state index contributed by atoms with van der Waals surface area (Å²) in [4.78, 5) is 4.56. The van der Waals surface area contributed by atoms with E-state index in [0.29, 0.717) is 0 Å². The van der Waals surface area contributed by atoms with Crippen molar-refractivity contribution in [2.75, 3.05) is 6.61 Å². The molecule has 108 valence electrons. The van der Waals surface area contributed by atoms with Gasteiger partial charge in [0.15, 0.2) is 11.5 Å². The Balaban J connectivity index is 1.81. The van der Waals surface area contributed by atoms with Crippen LogP contribution in [0.2, 0.25) is 0 Å². The minimum atomic E-state index is 0.737. The van der Waals surface area contributed by atoms with Crippen LogP contribution < -0.4 is 4.74 Å². The van der Waals surface area contributed by atoms with E-state index in [2.05, 4.69) is 23.9 Å². The van der Waals surface area contributed by atoms with Gasteiger partial charge in [-0.15, -0.1) is 5.10 Å². The second-order valence-electron chi connectivity index (χ2n) is 5.17. The first kappa shape index (κ1) is 13.6. The van der Waals surface area contributed by atoms with Crippen LogP contribution >= 0.6 is 0 Å². The number of fused-ring (bicyclic) bond motifs is 1. The lowest BCUT2D eigenvalue weighted by molar-refractivity contribution is 0.309. The van der Waals surface area contributed by atoms with E-state index < -0.39 is 0 Å². The van der Waals surface area contributed by atoms with Crippen LogP contribution in [0.1, 0.15) is 25.3 Å². The molecule has 21 heavy (non-hydrogen) atoms. The van der Waals surface area contributed by atoms with Gasteiger partial charge in [0.1, 0.15) is 5.75 Å². The number of unbranched alkanes of at least 4 members (excludes halogenated alkanes) is 1. The number of pyridine rings is 1. The average molecular weight is 281 g/mol. The molecule has 0 bridgehead atoms. The van der Waals surface area contributed by atoms with Gasteiger partial charge in [-0.1, -0.05) is 13.3 Å². The number of benzene rings is 1. The zero-order chi connectivity index (χ0) is 14.7. The molecule has 0 aliphatic carbocycles. The third kappa shape index (κ3) is 3.05. The van der Waals surface area contributed by atoms with Gasteiger partial charge in [0.25, 0.3) is 0 Å². The molecule has 4 nitrogen and oxygen atoms in total. The van der Waals surface area contributed by atoms with Gasteiger partial charge in [-0.2, -0.15) is 0 Å². The fraction of sp³-hybridized carbons (Fsp3) is 0.294. The molecule has 0 N–H and O–H groups in total. The Kier molecular flexibility index (Phi) is 3.86. The summed E-state index contributed by atoms with van der Waals surface area (Å²) in [5.74, 6) is 1.63. The molecule has 2 aromatic heterocycles. The van der Waals surface area contributed by atoms with Crippen molar-refractivity contribution in [1.82, 2.24) is 14.6 Å². The molecule has 3 rings (SSSR count). The highest BCUT2D eigenvalue weighted by atomic mass is 16.5. The molecule has 0 amide bonds. The van der Waals surface area contributed by atoms with Crippen LogP contribution in [-0.4, -0.2) is 21.2 Å². The van der Waals surface area contributed by atoms with Crippen molar-refractivity contribution in [3.05, 3.63) is 48.2 Å². The van der Waals surface area contributed by atoms with E-state index in [9.17, 15) is 0 Å². The number of aromatic nitrogens is 3. The SMILES string of the molecule is CCCCOc1ccc(-c2nc3cc(C)ccn3n2)cc1. The number of rotatable bonds is 5. The summed E-state index contributed by atoms with van der Waals surface area (Å²) in [6.45, 7) is 4.97. The molecule has 0 radical (unpaired) electrons. The third-order valence-corrected chi connectivity index (χ3v) is 3.37. The number of hydrogen-bond donors (Lipinski definition) is 0. The second-order valence-corrected chi connectivity index (χ2v) is 5.17. The minimum Gasteiger partial charge on any atom is -0.494 e. The van der Waals surface area contributed by atoms with Gasteiger partial charge >= 0.3 is 0 Å². The highest BCUT2D eigenvalue weighted by molar-refractivity contribution is 5.59. The standard InChI is InChI=1S/C17H19N3O/c1-3-4-11-21-15-7-5-14(6-8-15)17-18-16-12-13(2)9-10-20(16)19-17/h5-10,12H,3-4,11H2,1-2H3. The van der Waals surface area contributed by atoms with Crippen LogP contribution in [0, 0.1) is 6.92 Å². The second kappa shape index (κ2) is 5.95. The Morgan fingerprint density at radius 3 is 2.71 bits per heavy atom. The molecule has 0 fully saturated rings. The Labute approximate surface area is 124 Å². The number of nitrogens with zero attached hydrogens (tertiary/aromatic N) is 3. The molecule has 0 saturated carbocycles. The van der Waals surface area contributed by atoms with Gasteiger partial charge in [-0.25, -0.2) is 9.50 Å². The Hall–Kier alpha value is -2.36. The largest absolute Gasteiger partial charge is 0.494 e. The summed E-state index contributed by atoms with van der Waals surface area (Å²) in [7, 11) is 0. The van der Waals surface area contributed by atoms with Gasteiger partial charge < -0.3 is 4.74 Å². The first-order valence-electron chi connectivity index (χ1n) is 7.32. The molecule has 0 spiro atoms. The monoisotopic (exact) mass is 281 g/mol. The van der Waals surface area contributed by atoms with Crippen LogP contribution in [-0.2, 0) is 0 Å². The van der Waals surface area contributed by atoms with E-state index in [4.69, 9.17) is 4.74 Å². The van der Waals surface area contributed by atoms with Crippen LogP contribution in [0.15, 0.2) is 42.6 Å². The summed E-state index contributed by atoms with van der Waals surface area (Å²) in [6, 6.07) is 12.0. The van der Waals surface area contributed by atoms with E-state index >= 15 is 0 Å². The predicted octanol–water partition coefficient (Wildman–Crippen LogP) is 3.88. The van der Waals surface area contributed by atoms with Crippen molar-refractivity contribution < 1.29 is 4.74 Å². The highest BCUT2D eigenvalue weighted by Crippen LogP contribution is 2.20. The molecule has 3 aromatic rings. The normalized spacial score (nSPS) is 11.0. The molecule has 0 aliphatic heterocycles. The summed E-state index contributed by atoms with van der Waals surface area (Å²) in [5, 5.41) is 4.49. The fourth-order valence-electron chi connectivity index (χ4n) is 2.14. The number of ether oxygens (including phenoxy) is 1. The molecule has 0 unspecified atom stereocenters. The van der Waals surface area contributed by atoms with Crippen LogP contribution in [0.5, 0.6) is 5.75 Å². The van der Waals surface area contributed by atoms with Crippen molar-refractivity contribution in [3.63, 3.8) is 0 Å². The van der Waals surface area contributed by atoms with Gasteiger partial charge in [-0.05, 0) is 55.3 Å². The lowest BCUT2D eigenvalue weighted by Crippen LogP contribution is -1.96. The van der Waals surface area contributed by atoms with E-state index in [0.717, 1.165) is 42.2 Å². The maximum absolute atomic E-state index is 5.67. The Bertz CT molecular complexity index is 731. The van der Waals surface area contributed by atoms with Crippen LogP contribution in [0.4, 0.5) is 0 Å². The van der Waals surface area contributed by atoms with Crippen molar-refractivity contribution in [2.45, 2.75) is 26.7 Å². The first-order valence-corrected chi connectivity index (χ1v) is 7.32. The molecular formula is C17H19N3O. The zero-order valence-corrected chi connectivity index (χ0v) is 12.4. The quantitative estimate of drug-likeness (QED) is 0.666. The summed E-state index contributed by atoms with van der Waals surface area (Å²) in [5.41, 5.74) is 3.05. The minimum absolute atomic E-state index is 0.737. The first-order chi connectivity index (χ1) is 10.3. The molecular weight excluding hydrogens is 262 g/mol. The molecule has 2 heterocycles. The van der Waals surface area contributed by atoms with E-state index in [1.807, 2.05) is 42.6 Å². The third-order valence-electron chi connectivity index (χ3n) is 3.37. The molecule has 1 aromatic carbocycles. The van der Waals surface area contributed by atoms with Gasteiger partial charge in [0, 0.05) is 11.8 Å². The summed E-state index contributed by atoms with van der Waals surface area (Å²) >= 11 is 0. The number of hydrogen-bond acceptors (Lipinski definition) is 3. The average Bonchev–Trinajstić information content (AvgIpc) is 2.91. The Morgan fingerprint density at radius 1 is 1.14 bits per heavy atom. The highest BCUT2D eigenvalue weighted by Gasteiger charge is 2.06.